The minimum atomic E-state index is -1.05. The Morgan fingerprint density at radius 1 is 1.25 bits per heavy atom. The second kappa shape index (κ2) is 5.99. The lowest BCUT2D eigenvalue weighted by Gasteiger charge is -2.36. The molecule has 5 atom stereocenters. The smallest absolute Gasteiger partial charge is 0.326 e. The molecule has 2 rings (SSSR count). The van der Waals surface area contributed by atoms with Crippen molar-refractivity contribution in [2.24, 2.45) is 11.8 Å². The van der Waals surface area contributed by atoms with Crippen molar-refractivity contribution >= 4 is 12.0 Å². The first kappa shape index (κ1) is 15.1. The van der Waals surface area contributed by atoms with E-state index >= 15 is 0 Å². The van der Waals surface area contributed by atoms with Gasteiger partial charge in [-0.05, 0) is 18.3 Å². The molecule has 114 valence electrons. The van der Waals surface area contributed by atoms with Crippen LogP contribution in [0.25, 0.3) is 0 Å². The fraction of sp³-hybridized carbons (Fsp3) is 0.857. The Balaban J connectivity index is 1.98. The number of carboxylic acids is 1. The third kappa shape index (κ3) is 3.06. The van der Waals surface area contributed by atoms with Crippen molar-refractivity contribution in [1.29, 1.82) is 0 Å². The highest BCUT2D eigenvalue weighted by Crippen LogP contribution is 2.30. The van der Waals surface area contributed by atoms with Gasteiger partial charge in [-0.3, -0.25) is 0 Å². The van der Waals surface area contributed by atoms with Gasteiger partial charge in [0.05, 0.1) is 6.10 Å². The van der Waals surface area contributed by atoms with Crippen molar-refractivity contribution in [3.63, 3.8) is 0 Å². The fourth-order valence-corrected chi connectivity index (χ4v) is 3.30. The number of carboxylic acid groups (broad SMARTS) is 1. The molecule has 1 saturated heterocycles. The number of likely N-dealkylation sites (tertiary alicyclic amines) is 1. The van der Waals surface area contributed by atoms with Gasteiger partial charge >= 0.3 is 12.0 Å². The van der Waals surface area contributed by atoms with Crippen molar-refractivity contribution in [3.05, 3.63) is 0 Å². The van der Waals surface area contributed by atoms with Gasteiger partial charge in [0.25, 0.3) is 0 Å². The number of β-amino-alcohol motifs (C(OH)–C–C–N with tert-alkyl or cyclic N) is 1. The third-order valence-electron chi connectivity index (χ3n) is 4.84. The SMILES string of the molecule is CC1CCCC(NC(=O)N2C[C@H](O)C[C@H]2C(=O)O)C1C. The molecule has 1 aliphatic heterocycles. The molecule has 6 heteroatoms. The third-order valence-corrected chi connectivity index (χ3v) is 4.84. The van der Waals surface area contributed by atoms with Gasteiger partial charge in [-0.2, -0.15) is 0 Å². The molecule has 0 spiro atoms. The summed E-state index contributed by atoms with van der Waals surface area (Å²) in [5.41, 5.74) is 0. The van der Waals surface area contributed by atoms with E-state index in [1.165, 1.54) is 11.3 Å². The van der Waals surface area contributed by atoms with Crippen molar-refractivity contribution in [2.45, 2.75) is 57.7 Å². The van der Waals surface area contributed by atoms with Gasteiger partial charge in [0.1, 0.15) is 6.04 Å². The molecule has 20 heavy (non-hydrogen) atoms. The molecular formula is C14H24N2O4. The highest BCUT2D eigenvalue weighted by atomic mass is 16.4. The minimum absolute atomic E-state index is 0.0958. The molecule has 1 heterocycles. The summed E-state index contributed by atoms with van der Waals surface area (Å²) >= 11 is 0. The van der Waals surface area contributed by atoms with E-state index in [1.807, 2.05) is 0 Å². The van der Waals surface area contributed by atoms with Gasteiger partial charge in [0, 0.05) is 19.0 Å². The van der Waals surface area contributed by atoms with Crippen LogP contribution in [0, 0.1) is 11.8 Å². The van der Waals surface area contributed by atoms with E-state index in [-0.39, 0.29) is 25.0 Å². The van der Waals surface area contributed by atoms with Gasteiger partial charge in [-0.15, -0.1) is 0 Å². The van der Waals surface area contributed by atoms with Crippen molar-refractivity contribution in [2.75, 3.05) is 6.54 Å². The second-order valence-electron chi connectivity index (χ2n) is 6.22. The van der Waals surface area contributed by atoms with Gasteiger partial charge in [-0.1, -0.05) is 26.7 Å². The number of aliphatic hydroxyl groups is 1. The molecule has 2 aliphatic rings. The van der Waals surface area contributed by atoms with Crippen LogP contribution in [-0.4, -0.2) is 51.8 Å². The van der Waals surface area contributed by atoms with E-state index in [4.69, 9.17) is 5.11 Å². The van der Waals surface area contributed by atoms with E-state index in [2.05, 4.69) is 19.2 Å². The van der Waals surface area contributed by atoms with Crippen LogP contribution in [0.1, 0.15) is 39.5 Å². The summed E-state index contributed by atoms with van der Waals surface area (Å²) in [6, 6.07) is -1.18. The van der Waals surface area contributed by atoms with E-state index in [9.17, 15) is 14.7 Å². The first-order chi connectivity index (χ1) is 9.40. The molecule has 0 radical (unpaired) electrons. The molecule has 2 fully saturated rings. The Hall–Kier alpha value is -1.30. The van der Waals surface area contributed by atoms with Gasteiger partial charge in [-0.25, -0.2) is 9.59 Å². The van der Waals surface area contributed by atoms with E-state index in [0.29, 0.717) is 11.8 Å². The Bertz CT molecular complexity index is 387. The Morgan fingerprint density at radius 2 is 1.95 bits per heavy atom. The Kier molecular flexibility index (Phi) is 4.52. The number of hydrogen-bond acceptors (Lipinski definition) is 3. The summed E-state index contributed by atoms with van der Waals surface area (Å²) < 4.78 is 0. The normalized spacial score (nSPS) is 37.8. The molecule has 0 aromatic carbocycles. The summed E-state index contributed by atoms with van der Waals surface area (Å²) in [5, 5.41) is 21.7. The van der Waals surface area contributed by atoms with Crippen LogP contribution < -0.4 is 5.32 Å². The first-order valence-electron chi connectivity index (χ1n) is 7.38. The van der Waals surface area contributed by atoms with Crippen LogP contribution in [0.5, 0.6) is 0 Å². The summed E-state index contributed by atoms with van der Waals surface area (Å²) in [4.78, 5) is 24.7. The topological polar surface area (TPSA) is 89.9 Å². The lowest BCUT2D eigenvalue weighted by molar-refractivity contribution is -0.141. The highest BCUT2D eigenvalue weighted by molar-refractivity contribution is 5.83. The molecule has 0 bridgehead atoms. The molecule has 1 saturated carbocycles. The average Bonchev–Trinajstić information content (AvgIpc) is 2.77. The van der Waals surface area contributed by atoms with Crippen LogP contribution in [-0.2, 0) is 4.79 Å². The summed E-state index contributed by atoms with van der Waals surface area (Å²) in [6.07, 6.45) is 2.56. The van der Waals surface area contributed by atoms with E-state index < -0.39 is 18.1 Å². The van der Waals surface area contributed by atoms with Crippen LogP contribution >= 0.6 is 0 Å². The molecule has 1 aliphatic carbocycles. The number of carbonyl (C=O) groups is 2. The molecule has 2 amide bonds. The maximum atomic E-state index is 12.3. The molecule has 6 nitrogen and oxygen atoms in total. The molecule has 0 aromatic heterocycles. The molecule has 0 aromatic rings. The number of carbonyl (C=O) groups excluding carboxylic acids is 1. The Labute approximate surface area is 119 Å². The van der Waals surface area contributed by atoms with Crippen LogP contribution in [0.15, 0.2) is 0 Å². The lowest BCUT2D eigenvalue weighted by atomic mass is 9.78. The summed E-state index contributed by atoms with van der Waals surface area (Å²) in [7, 11) is 0. The zero-order chi connectivity index (χ0) is 14.9. The maximum absolute atomic E-state index is 12.3. The lowest BCUT2D eigenvalue weighted by Crippen LogP contribution is -2.52. The van der Waals surface area contributed by atoms with Gasteiger partial charge in [0.2, 0.25) is 0 Å². The quantitative estimate of drug-likeness (QED) is 0.707. The predicted octanol–water partition coefficient (Wildman–Crippen LogP) is 1.04. The van der Waals surface area contributed by atoms with Crippen LogP contribution in [0.3, 0.4) is 0 Å². The van der Waals surface area contributed by atoms with Crippen molar-refractivity contribution in [1.82, 2.24) is 10.2 Å². The zero-order valence-corrected chi connectivity index (χ0v) is 12.1. The van der Waals surface area contributed by atoms with Crippen molar-refractivity contribution < 1.29 is 19.8 Å². The van der Waals surface area contributed by atoms with Gasteiger partial charge in [0.15, 0.2) is 0 Å². The number of urea groups is 1. The highest BCUT2D eigenvalue weighted by Gasteiger charge is 2.40. The number of nitrogens with one attached hydrogen (secondary N) is 1. The zero-order valence-electron chi connectivity index (χ0n) is 12.1. The standard InChI is InChI=1S/C14H24N2O4/c1-8-4-3-5-11(9(8)2)15-14(20)16-7-10(17)6-12(16)13(18)19/h8-12,17H,3-7H2,1-2H3,(H,15,20)(H,18,19)/t8?,9?,10-,11?,12+/m1/s1. The van der Waals surface area contributed by atoms with E-state index in [0.717, 1.165) is 12.8 Å². The van der Waals surface area contributed by atoms with Crippen LogP contribution in [0.2, 0.25) is 0 Å². The number of hydrogen-bond donors (Lipinski definition) is 3. The number of amides is 2. The minimum Gasteiger partial charge on any atom is -0.480 e. The Morgan fingerprint density at radius 3 is 2.60 bits per heavy atom. The fourth-order valence-electron chi connectivity index (χ4n) is 3.30. The molecule has 3 N–H and O–H groups in total. The average molecular weight is 284 g/mol. The number of nitrogens with zero attached hydrogens (tertiary/aromatic N) is 1. The number of rotatable bonds is 2. The second-order valence-corrected chi connectivity index (χ2v) is 6.22. The number of aliphatic carboxylic acids is 1. The monoisotopic (exact) mass is 284 g/mol. The number of aliphatic hydroxyl groups excluding tert-OH is 1. The largest absolute Gasteiger partial charge is 0.480 e. The van der Waals surface area contributed by atoms with Crippen molar-refractivity contribution in [3.8, 4) is 0 Å². The molecule has 3 unspecified atom stereocenters. The first-order valence-corrected chi connectivity index (χ1v) is 7.38. The predicted molar refractivity (Wildman–Crippen MR) is 73.3 cm³/mol. The summed E-state index contributed by atoms with van der Waals surface area (Å²) in [6.45, 7) is 4.41. The van der Waals surface area contributed by atoms with E-state index in [1.54, 1.807) is 0 Å². The van der Waals surface area contributed by atoms with Crippen LogP contribution in [0.4, 0.5) is 4.79 Å². The molecular weight excluding hydrogens is 260 g/mol. The maximum Gasteiger partial charge on any atom is 0.326 e. The summed E-state index contributed by atoms with van der Waals surface area (Å²) in [5.74, 6) is -0.0984. The van der Waals surface area contributed by atoms with Gasteiger partial charge < -0.3 is 20.4 Å².